The molecule has 0 fully saturated rings. The standard InChI is InChI=1S/C7H13N3.2C6H3N3O7/c8-4-2-1-3-7-9-5-6-10-7;2*10-6-4(8(13)14)1-3(7(11)12)2-5(6)9(15)16/h5-6H,1-4,8H2,(H,9,10);2*1-2,10H. The Morgan fingerprint density at radius 2 is 1.00 bits per heavy atom. The monoisotopic (exact) mass is 597 g/mol. The zero-order valence-corrected chi connectivity index (χ0v) is 20.8. The van der Waals surface area contributed by atoms with Gasteiger partial charge in [-0.2, -0.15) is 0 Å². The molecule has 0 radical (unpaired) electrons. The van der Waals surface area contributed by atoms with Crippen molar-refractivity contribution in [1.29, 1.82) is 0 Å². The van der Waals surface area contributed by atoms with Crippen molar-refractivity contribution >= 4 is 34.1 Å². The molecule has 3 aromatic rings. The number of phenolic OH excluding ortho intramolecular Hbond substituents is 2. The van der Waals surface area contributed by atoms with E-state index in [-0.39, 0.29) is 0 Å². The maximum Gasteiger partial charge on any atom is 0.324 e. The van der Waals surface area contributed by atoms with Crippen LogP contribution < -0.4 is 5.73 Å². The fourth-order valence-corrected chi connectivity index (χ4v) is 2.82. The number of nitrogens with one attached hydrogen (secondary N) is 1. The highest BCUT2D eigenvalue weighted by atomic mass is 16.7. The first-order valence-electron chi connectivity index (χ1n) is 10.9. The molecule has 0 aliphatic rings. The summed E-state index contributed by atoms with van der Waals surface area (Å²) in [7, 11) is 0. The number of hydrogen-bond acceptors (Lipinski definition) is 16. The third kappa shape index (κ3) is 9.42. The van der Waals surface area contributed by atoms with E-state index in [1.807, 2.05) is 6.20 Å². The van der Waals surface area contributed by atoms with Gasteiger partial charge in [0.1, 0.15) is 5.82 Å². The highest BCUT2D eigenvalue weighted by molar-refractivity contribution is 5.65. The summed E-state index contributed by atoms with van der Waals surface area (Å²) in [4.78, 5) is 62.7. The number of aromatic hydroxyl groups is 2. The summed E-state index contributed by atoms with van der Waals surface area (Å²) in [5.74, 6) is -1.35. The minimum Gasteiger partial charge on any atom is -0.497 e. The zero-order valence-electron chi connectivity index (χ0n) is 20.8. The van der Waals surface area contributed by atoms with Crippen molar-refractivity contribution in [3.63, 3.8) is 0 Å². The molecule has 1 aromatic heterocycles. The number of nitrogens with two attached hydrogens (primary N) is 1. The van der Waals surface area contributed by atoms with Gasteiger partial charge in [0.15, 0.2) is 0 Å². The van der Waals surface area contributed by atoms with Gasteiger partial charge in [-0.1, -0.05) is 0 Å². The van der Waals surface area contributed by atoms with Crippen molar-refractivity contribution in [2.24, 2.45) is 5.73 Å². The maximum absolute atomic E-state index is 10.4. The smallest absolute Gasteiger partial charge is 0.324 e. The van der Waals surface area contributed by atoms with Gasteiger partial charge in [-0.25, -0.2) is 4.98 Å². The van der Waals surface area contributed by atoms with Crippen molar-refractivity contribution in [2.45, 2.75) is 19.3 Å². The molecule has 0 spiro atoms. The van der Waals surface area contributed by atoms with Crippen molar-refractivity contribution in [2.75, 3.05) is 6.54 Å². The van der Waals surface area contributed by atoms with E-state index in [4.69, 9.17) is 15.9 Å². The molecule has 224 valence electrons. The summed E-state index contributed by atoms with van der Waals surface area (Å²) in [5.41, 5.74) is -0.666. The van der Waals surface area contributed by atoms with E-state index in [0.717, 1.165) is 31.6 Å². The predicted octanol–water partition coefficient (Wildman–Crippen LogP) is 2.92. The molecule has 0 aliphatic carbocycles. The lowest BCUT2D eigenvalue weighted by Crippen LogP contribution is -1.99. The number of nitrogens with zero attached hydrogens (tertiary/aromatic N) is 7. The third-order valence-corrected chi connectivity index (χ3v) is 4.74. The molecular formula is C19H19N9O14. The molecule has 2 aromatic carbocycles. The Labute approximate surface area is 230 Å². The molecule has 0 unspecified atom stereocenters. The number of unbranched alkanes of at least 4 members (excludes halogenated alkanes) is 1. The van der Waals surface area contributed by atoms with Crippen molar-refractivity contribution in [3.8, 4) is 11.5 Å². The summed E-state index contributed by atoms with van der Waals surface area (Å²) in [5, 5.41) is 80.4. The van der Waals surface area contributed by atoms with Crippen LogP contribution in [0.5, 0.6) is 11.5 Å². The zero-order chi connectivity index (χ0) is 32.1. The lowest BCUT2D eigenvalue weighted by Gasteiger charge is -1.97. The second-order valence-corrected chi connectivity index (χ2v) is 7.49. The number of imidazole rings is 1. The Bertz CT molecular complexity index is 1330. The molecular weight excluding hydrogens is 578 g/mol. The highest BCUT2D eigenvalue weighted by Gasteiger charge is 2.31. The van der Waals surface area contributed by atoms with E-state index >= 15 is 0 Å². The maximum atomic E-state index is 10.4. The van der Waals surface area contributed by atoms with Gasteiger partial charge >= 0.3 is 22.7 Å². The molecule has 23 heteroatoms. The quantitative estimate of drug-likeness (QED) is 0.148. The lowest BCUT2D eigenvalue weighted by molar-refractivity contribution is -0.404. The molecule has 0 aliphatic heterocycles. The first-order chi connectivity index (χ1) is 19.6. The first kappa shape index (κ1) is 33.6. The minimum atomic E-state index is -1.21. The molecule has 0 atom stereocenters. The summed E-state index contributed by atoms with van der Waals surface area (Å²) in [6.45, 7) is 0.778. The number of phenols is 2. The van der Waals surface area contributed by atoms with E-state index in [1.165, 1.54) is 0 Å². The van der Waals surface area contributed by atoms with Gasteiger partial charge in [0, 0.05) is 18.8 Å². The number of H-pyrrole nitrogens is 1. The number of aryl methyl sites for hydroxylation is 1. The number of nitro groups is 6. The molecule has 0 bridgehead atoms. The van der Waals surface area contributed by atoms with Crippen molar-refractivity contribution in [3.05, 3.63) is 103 Å². The first-order valence-corrected chi connectivity index (χ1v) is 10.9. The number of non-ortho nitro benzene ring substituents is 2. The second-order valence-electron chi connectivity index (χ2n) is 7.49. The van der Waals surface area contributed by atoms with Crippen LogP contribution in [0.15, 0.2) is 36.7 Å². The average molecular weight is 597 g/mol. The Hall–Kier alpha value is -6.39. The van der Waals surface area contributed by atoms with Gasteiger partial charge in [0.25, 0.3) is 22.9 Å². The molecule has 3 rings (SSSR count). The van der Waals surface area contributed by atoms with E-state index in [0.29, 0.717) is 24.3 Å². The van der Waals surface area contributed by atoms with Crippen molar-refractivity contribution in [1.82, 2.24) is 9.97 Å². The van der Waals surface area contributed by atoms with Gasteiger partial charge in [0.2, 0.25) is 0 Å². The van der Waals surface area contributed by atoms with Crippen LogP contribution >= 0.6 is 0 Å². The van der Waals surface area contributed by atoms with Crippen LogP contribution in [0.3, 0.4) is 0 Å². The number of aromatic nitrogens is 2. The SMILES string of the molecule is NCCCCc1ncc[nH]1.O=[N+]([O-])c1cc([N+](=O)[O-])c(O)c([N+](=O)[O-])c1.O=[N+]([O-])c1cc([N+](=O)[O-])c(O)c([N+](=O)[O-])c1. The number of benzene rings is 2. The normalized spacial score (nSPS) is 9.83. The van der Waals surface area contributed by atoms with Gasteiger partial charge < -0.3 is 20.9 Å². The van der Waals surface area contributed by atoms with Crippen LogP contribution in [0.2, 0.25) is 0 Å². The third-order valence-electron chi connectivity index (χ3n) is 4.74. The van der Waals surface area contributed by atoms with Crippen LogP contribution in [0.25, 0.3) is 0 Å². The van der Waals surface area contributed by atoms with Gasteiger partial charge in [-0.3, -0.25) is 60.7 Å². The van der Waals surface area contributed by atoms with Crippen LogP contribution in [-0.2, 0) is 6.42 Å². The van der Waals surface area contributed by atoms with Crippen LogP contribution in [-0.4, -0.2) is 56.3 Å². The van der Waals surface area contributed by atoms with E-state index in [9.17, 15) is 60.7 Å². The number of aromatic amines is 1. The largest absolute Gasteiger partial charge is 0.497 e. The number of nitro benzene ring substituents is 6. The predicted molar refractivity (Wildman–Crippen MR) is 137 cm³/mol. The molecule has 1 heterocycles. The Balaban J connectivity index is 0.000000324. The summed E-state index contributed by atoms with van der Waals surface area (Å²) >= 11 is 0. The average Bonchev–Trinajstić information content (AvgIpc) is 3.42. The Morgan fingerprint density at radius 3 is 1.24 bits per heavy atom. The highest BCUT2D eigenvalue weighted by Crippen LogP contribution is 2.40. The van der Waals surface area contributed by atoms with Crippen LogP contribution in [0.1, 0.15) is 18.7 Å². The summed E-state index contributed by atoms with van der Waals surface area (Å²) < 4.78 is 0. The van der Waals surface area contributed by atoms with Crippen molar-refractivity contribution < 1.29 is 39.8 Å². The van der Waals surface area contributed by atoms with Crippen LogP contribution in [0, 0.1) is 60.7 Å². The fourth-order valence-electron chi connectivity index (χ4n) is 2.82. The number of rotatable bonds is 10. The molecule has 0 amide bonds. The van der Waals surface area contributed by atoms with Gasteiger partial charge in [-0.05, 0) is 19.4 Å². The topological polar surface area (TPSA) is 354 Å². The molecule has 0 saturated carbocycles. The van der Waals surface area contributed by atoms with Crippen LogP contribution in [0.4, 0.5) is 34.1 Å². The lowest BCUT2D eigenvalue weighted by atomic mass is 10.2. The molecule has 42 heavy (non-hydrogen) atoms. The fraction of sp³-hybridized carbons (Fsp3) is 0.211. The van der Waals surface area contributed by atoms with Gasteiger partial charge in [0.05, 0.1) is 53.8 Å². The van der Waals surface area contributed by atoms with Gasteiger partial charge in [-0.15, -0.1) is 0 Å². The second kappa shape index (κ2) is 15.3. The van der Waals surface area contributed by atoms with E-state index in [1.54, 1.807) is 6.20 Å². The minimum absolute atomic E-state index is 0.447. The molecule has 23 nitrogen and oxygen atoms in total. The van der Waals surface area contributed by atoms with E-state index < -0.39 is 75.2 Å². The Morgan fingerprint density at radius 1 is 0.643 bits per heavy atom. The molecule has 5 N–H and O–H groups in total. The van der Waals surface area contributed by atoms with E-state index in [2.05, 4.69) is 9.97 Å². The summed E-state index contributed by atoms with van der Waals surface area (Å²) in [6, 6.07) is 1.79. The summed E-state index contributed by atoms with van der Waals surface area (Å²) in [6.07, 6.45) is 6.85. The number of hydrogen-bond donors (Lipinski definition) is 4. The molecule has 0 saturated heterocycles. The Kier molecular flexibility index (Phi) is 12.2.